The standard InChI is InChI=1S/C16H23FN2O3S/c1-13(2)11-23(21,22)12-16(20)19-9-7-18(8-10-19)15-5-3-14(17)4-6-15/h3-6,13H,7-12H2,1-2H3. The first kappa shape index (κ1) is 17.7. The minimum atomic E-state index is -3.35. The van der Waals surface area contributed by atoms with Crippen LogP contribution < -0.4 is 4.90 Å². The van der Waals surface area contributed by atoms with Gasteiger partial charge in [-0.1, -0.05) is 13.8 Å². The molecule has 23 heavy (non-hydrogen) atoms. The van der Waals surface area contributed by atoms with E-state index in [2.05, 4.69) is 4.90 Å². The van der Waals surface area contributed by atoms with Crippen LogP contribution in [0.5, 0.6) is 0 Å². The average molecular weight is 342 g/mol. The lowest BCUT2D eigenvalue weighted by atomic mass is 10.2. The molecule has 1 amide bonds. The first-order valence-electron chi connectivity index (χ1n) is 7.75. The van der Waals surface area contributed by atoms with Gasteiger partial charge in [0.25, 0.3) is 0 Å². The summed E-state index contributed by atoms with van der Waals surface area (Å²) in [7, 11) is -3.35. The number of halogens is 1. The zero-order chi connectivity index (χ0) is 17.0. The van der Waals surface area contributed by atoms with Crippen molar-refractivity contribution in [2.75, 3.05) is 42.6 Å². The van der Waals surface area contributed by atoms with Crippen LogP contribution in [0.2, 0.25) is 0 Å². The molecule has 2 rings (SSSR count). The second kappa shape index (κ2) is 7.29. The molecule has 1 aliphatic heterocycles. The van der Waals surface area contributed by atoms with Crippen molar-refractivity contribution in [2.24, 2.45) is 5.92 Å². The number of carbonyl (C=O) groups excluding carboxylic acids is 1. The Morgan fingerprint density at radius 3 is 2.22 bits per heavy atom. The van der Waals surface area contributed by atoms with Gasteiger partial charge in [-0.2, -0.15) is 0 Å². The van der Waals surface area contributed by atoms with Gasteiger partial charge in [-0.3, -0.25) is 4.79 Å². The Morgan fingerprint density at radius 2 is 1.70 bits per heavy atom. The van der Waals surface area contributed by atoms with Gasteiger partial charge in [-0.05, 0) is 30.2 Å². The van der Waals surface area contributed by atoms with Crippen LogP contribution in [-0.2, 0) is 14.6 Å². The molecule has 1 aliphatic rings. The zero-order valence-corrected chi connectivity index (χ0v) is 14.4. The first-order chi connectivity index (χ1) is 10.8. The van der Waals surface area contributed by atoms with Crippen molar-refractivity contribution in [1.82, 2.24) is 4.90 Å². The van der Waals surface area contributed by atoms with Crippen LogP contribution in [0, 0.1) is 11.7 Å². The highest BCUT2D eigenvalue weighted by molar-refractivity contribution is 7.92. The molecule has 7 heteroatoms. The molecule has 0 radical (unpaired) electrons. The Labute approximate surface area is 137 Å². The Morgan fingerprint density at radius 1 is 1.13 bits per heavy atom. The van der Waals surface area contributed by atoms with Crippen LogP contribution in [0.3, 0.4) is 0 Å². The molecule has 0 N–H and O–H groups in total. The van der Waals surface area contributed by atoms with Crippen molar-refractivity contribution in [3.63, 3.8) is 0 Å². The van der Waals surface area contributed by atoms with E-state index in [1.165, 1.54) is 12.1 Å². The Hall–Kier alpha value is -1.63. The van der Waals surface area contributed by atoms with Gasteiger partial charge >= 0.3 is 0 Å². The molecule has 0 aromatic heterocycles. The zero-order valence-electron chi connectivity index (χ0n) is 13.5. The minimum Gasteiger partial charge on any atom is -0.368 e. The molecule has 0 unspecified atom stereocenters. The fourth-order valence-corrected chi connectivity index (χ4v) is 4.40. The van der Waals surface area contributed by atoms with Gasteiger partial charge in [0.1, 0.15) is 11.6 Å². The topological polar surface area (TPSA) is 57.7 Å². The average Bonchev–Trinajstić information content (AvgIpc) is 2.46. The van der Waals surface area contributed by atoms with Crippen LogP contribution in [0.4, 0.5) is 10.1 Å². The molecular weight excluding hydrogens is 319 g/mol. The summed E-state index contributed by atoms with van der Waals surface area (Å²) in [6.45, 7) is 5.83. The fourth-order valence-electron chi connectivity index (χ4n) is 2.71. The lowest BCUT2D eigenvalue weighted by Gasteiger charge is -2.36. The Balaban J connectivity index is 1.88. The summed E-state index contributed by atoms with van der Waals surface area (Å²) in [5.74, 6) is -0.971. The van der Waals surface area contributed by atoms with E-state index in [0.29, 0.717) is 26.2 Å². The van der Waals surface area contributed by atoms with E-state index < -0.39 is 15.6 Å². The van der Waals surface area contributed by atoms with Crippen LogP contribution in [0.1, 0.15) is 13.8 Å². The van der Waals surface area contributed by atoms with Gasteiger partial charge < -0.3 is 9.80 Å². The van der Waals surface area contributed by atoms with Gasteiger partial charge in [0.2, 0.25) is 5.91 Å². The van der Waals surface area contributed by atoms with Gasteiger partial charge in [-0.25, -0.2) is 12.8 Å². The molecular formula is C16H23FN2O3S. The van der Waals surface area contributed by atoms with Gasteiger partial charge in [0.05, 0.1) is 5.75 Å². The molecule has 128 valence electrons. The van der Waals surface area contributed by atoms with Crippen LogP contribution in [0.15, 0.2) is 24.3 Å². The molecule has 1 saturated heterocycles. The predicted molar refractivity (Wildman–Crippen MR) is 88.7 cm³/mol. The second-order valence-corrected chi connectivity index (χ2v) is 8.40. The highest BCUT2D eigenvalue weighted by atomic mass is 32.2. The van der Waals surface area contributed by atoms with Crippen LogP contribution in [-0.4, -0.2) is 56.9 Å². The predicted octanol–water partition coefficient (Wildman–Crippen LogP) is 1.55. The number of anilines is 1. The van der Waals surface area contributed by atoms with Crippen molar-refractivity contribution in [2.45, 2.75) is 13.8 Å². The molecule has 1 fully saturated rings. The summed E-state index contributed by atoms with van der Waals surface area (Å²) in [5, 5.41) is 0. The number of piperazine rings is 1. The van der Waals surface area contributed by atoms with Crippen molar-refractivity contribution in [1.29, 1.82) is 0 Å². The van der Waals surface area contributed by atoms with Gasteiger partial charge in [0, 0.05) is 31.9 Å². The summed E-state index contributed by atoms with van der Waals surface area (Å²) in [5.41, 5.74) is 0.908. The lowest BCUT2D eigenvalue weighted by molar-refractivity contribution is -0.128. The highest BCUT2D eigenvalue weighted by Gasteiger charge is 2.25. The normalized spacial score (nSPS) is 16.0. The van der Waals surface area contributed by atoms with Crippen molar-refractivity contribution in [3.05, 3.63) is 30.1 Å². The summed E-state index contributed by atoms with van der Waals surface area (Å²) >= 11 is 0. The minimum absolute atomic E-state index is 0.0168. The monoisotopic (exact) mass is 342 g/mol. The number of sulfone groups is 1. The molecule has 0 saturated carbocycles. The fraction of sp³-hybridized carbons (Fsp3) is 0.562. The van der Waals surface area contributed by atoms with E-state index in [-0.39, 0.29) is 23.4 Å². The SMILES string of the molecule is CC(C)CS(=O)(=O)CC(=O)N1CCN(c2ccc(F)cc2)CC1. The van der Waals surface area contributed by atoms with E-state index in [1.54, 1.807) is 17.0 Å². The number of benzene rings is 1. The number of hydrogen-bond acceptors (Lipinski definition) is 4. The quantitative estimate of drug-likeness (QED) is 0.815. The van der Waals surface area contributed by atoms with Gasteiger partial charge in [-0.15, -0.1) is 0 Å². The number of carbonyl (C=O) groups is 1. The van der Waals surface area contributed by atoms with E-state index in [1.807, 2.05) is 13.8 Å². The Kier molecular flexibility index (Phi) is 5.62. The molecule has 1 aromatic carbocycles. The van der Waals surface area contributed by atoms with Crippen LogP contribution >= 0.6 is 0 Å². The van der Waals surface area contributed by atoms with Crippen molar-refractivity contribution in [3.8, 4) is 0 Å². The van der Waals surface area contributed by atoms with Crippen molar-refractivity contribution >= 4 is 21.4 Å². The maximum Gasteiger partial charge on any atom is 0.237 e. The van der Waals surface area contributed by atoms with E-state index in [4.69, 9.17) is 0 Å². The van der Waals surface area contributed by atoms with Crippen LogP contribution in [0.25, 0.3) is 0 Å². The van der Waals surface area contributed by atoms with Crippen molar-refractivity contribution < 1.29 is 17.6 Å². The number of rotatable bonds is 5. The molecule has 1 aromatic rings. The van der Waals surface area contributed by atoms with E-state index >= 15 is 0 Å². The third-order valence-electron chi connectivity index (χ3n) is 3.75. The first-order valence-corrected chi connectivity index (χ1v) is 9.58. The van der Waals surface area contributed by atoms with E-state index in [9.17, 15) is 17.6 Å². The Bertz CT molecular complexity index is 636. The number of amides is 1. The maximum atomic E-state index is 12.9. The van der Waals surface area contributed by atoms with Gasteiger partial charge in [0.15, 0.2) is 9.84 Å². The third kappa shape index (κ3) is 5.20. The maximum absolute atomic E-state index is 12.9. The molecule has 1 heterocycles. The lowest BCUT2D eigenvalue weighted by Crippen LogP contribution is -2.50. The summed E-state index contributed by atoms with van der Waals surface area (Å²) in [6, 6.07) is 6.23. The summed E-state index contributed by atoms with van der Waals surface area (Å²) in [6.07, 6.45) is 0. The second-order valence-electron chi connectivity index (χ2n) is 6.29. The molecule has 5 nitrogen and oxygen atoms in total. The molecule has 0 bridgehead atoms. The highest BCUT2D eigenvalue weighted by Crippen LogP contribution is 2.17. The van der Waals surface area contributed by atoms with E-state index in [0.717, 1.165) is 5.69 Å². The number of nitrogens with zero attached hydrogens (tertiary/aromatic N) is 2. The largest absolute Gasteiger partial charge is 0.368 e. The smallest absolute Gasteiger partial charge is 0.237 e. The number of hydrogen-bond donors (Lipinski definition) is 0. The molecule has 0 spiro atoms. The summed E-state index contributed by atoms with van der Waals surface area (Å²) < 4.78 is 36.8. The molecule has 0 aliphatic carbocycles. The summed E-state index contributed by atoms with van der Waals surface area (Å²) in [4.78, 5) is 15.8. The third-order valence-corrected chi connectivity index (χ3v) is 5.62. The molecule has 0 atom stereocenters.